The summed E-state index contributed by atoms with van der Waals surface area (Å²) < 4.78 is 53.9. The van der Waals surface area contributed by atoms with Crippen LogP contribution in [0.3, 0.4) is 0 Å². The molecule has 0 aliphatic heterocycles. The lowest BCUT2D eigenvalue weighted by Gasteiger charge is -2.13. The summed E-state index contributed by atoms with van der Waals surface area (Å²) in [7, 11) is 0. The van der Waals surface area contributed by atoms with Crippen LogP contribution in [0, 0.1) is 12.7 Å². The van der Waals surface area contributed by atoms with E-state index in [1.165, 1.54) is 36.9 Å². The number of benzene rings is 1. The summed E-state index contributed by atoms with van der Waals surface area (Å²) in [4.78, 5) is 12.5. The molecule has 0 saturated carbocycles. The molecule has 11 heteroatoms. The van der Waals surface area contributed by atoms with E-state index in [0.717, 1.165) is 16.3 Å². The summed E-state index contributed by atoms with van der Waals surface area (Å²) in [5.74, 6) is -0.929. The Hall–Kier alpha value is -2.88. The molecule has 1 N–H and O–H groups in total. The molecule has 2 aromatic heterocycles. The van der Waals surface area contributed by atoms with Crippen molar-refractivity contribution in [3.8, 4) is 0 Å². The van der Waals surface area contributed by atoms with Crippen LogP contribution in [0.4, 0.5) is 23.4 Å². The second-order valence-corrected chi connectivity index (χ2v) is 6.84. The van der Waals surface area contributed by atoms with E-state index < -0.39 is 23.8 Å². The average Bonchev–Trinajstić information content (AvgIpc) is 3.19. The first kappa shape index (κ1) is 20.8. The summed E-state index contributed by atoms with van der Waals surface area (Å²) >= 11 is 6.10. The fourth-order valence-electron chi connectivity index (χ4n) is 2.69. The predicted octanol–water partition coefficient (Wildman–Crippen LogP) is 4.45. The number of aromatic nitrogens is 4. The summed E-state index contributed by atoms with van der Waals surface area (Å²) in [5.41, 5.74) is -0.118. The van der Waals surface area contributed by atoms with E-state index in [1.54, 1.807) is 12.1 Å². The van der Waals surface area contributed by atoms with Gasteiger partial charge in [0.2, 0.25) is 5.91 Å². The zero-order chi connectivity index (χ0) is 21.3. The Morgan fingerprint density at radius 3 is 2.48 bits per heavy atom. The van der Waals surface area contributed by atoms with E-state index >= 15 is 0 Å². The van der Waals surface area contributed by atoms with Crippen LogP contribution < -0.4 is 5.32 Å². The summed E-state index contributed by atoms with van der Waals surface area (Å²) in [6.45, 7) is 3.13. The molecule has 0 fully saturated rings. The third-order valence-electron chi connectivity index (χ3n) is 4.18. The third kappa shape index (κ3) is 4.76. The van der Waals surface area contributed by atoms with Gasteiger partial charge in [-0.25, -0.2) is 4.39 Å². The summed E-state index contributed by atoms with van der Waals surface area (Å²) in [6.07, 6.45) is -3.12. The SMILES string of the molecule is Cc1cc(C(F)(F)F)nn1C(C)C(=O)Nc1nn(Cc2ccc(F)cc2)cc1Cl. The van der Waals surface area contributed by atoms with Crippen LogP contribution in [0.1, 0.15) is 29.9 Å². The Morgan fingerprint density at radius 2 is 1.90 bits per heavy atom. The Kier molecular flexibility index (Phi) is 5.65. The quantitative estimate of drug-likeness (QED) is 0.609. The smallest absolute Gasteiger partial charge is 0.306 e. The van der Waals surface area contributed by atoms with Crippen LogP contribution in [0.25, 0.3) is 0 Å². The van der Waals surface area contributed by atoms with Gasteiger partial charge in [-0.2, -0.15) is 23.4 Å². The Labute approximate surface area is 168 Å². The highest BCUT2D eigenvalue weighted by Gasteiger charge is 2.35. The first-order valence-corrected chi connectivity index (χ1v) is 8.84. The lowest BCUT2D eigenvalue weighted by molar-refractivity contribution is -0.141. The number of nitrogens with zero attached hydrogens (tertiary/aromatic N) is 4. The molecular weight excluding hydrogens is 414 g/mol. The average molecular weight is 430 g/mol. The number of carbonyl (C=O) groups is 1. The standard InChI is InChI=1S/C18H16ClF4N5O/c1-10-7-15(18(21,22)23)25-28(10)11(2)17(29)24-16-14(19)9-27(26-16)8-12-3-5-13(20)6-4-12/h3-7,9,11H,8H2,1-2H3,(H,24,26,29). The number of hydrogen-bond acceptors (Lipinski definition) is 3. The van der Waals surface area contributed by atoms with Crippen molar-refractivity contribution in [3.05, 3.63) is 64.3 Å². The largest absolute Gasteiger partial charge is 0.435 e. The van der Waals surface area contributed by atoms with Gasteiger partial charge in [-0.3, -0.25) is 14.2 Å². The van der Waals surface area contributed by atoms with Crippen molar-refractivity contribution in [3.63, 3.8) is 0 Å². The fraction of sp³-hybridized carbons (Fsp3) is 0.278. The van der Waals surface area contributed by atoms with Gasteiger partial charge in [0, 0.05) is 11.9 Å². The minimum Gasteiger partial charge on any atom is -0.306 e. The van der Waals surface area contributed by atoms with E-state index in [9.17, 15) is 22.4 Å². The van der Waals surface area contributed by atoms with Gasteiger partial charge in [0.1, 0.15) is 16.9 Å². The summed E-state index contributed by atoms with van der Waals surface area (Å²) in [5, 5.41) is 10.3. The molecule has 6 nitrogen and oxygen atoms in total. The number of carbonyl (C=O) groups excluding carboxylic acids is 1. The molecule has 1 amide bonds. The van der Waals surface area contributed by atoms with Crippen molar-refractivity contribution in [2.45, 2.75) is 32.6 Å². The lowest BCUT2D eigenvalue weighted by atomic mass is 10.2. The van der Waals surface area contributed by atoms with Crippen molar-refractivity contribution in [1.29, 1.82) is 0 Å². The van der Waals surface area contributed by atoms with Crippen molar-refractivity contribution in [2.24, 2.45) is 0 Å². The molecule has 0 saturated heterocycles. The van der Waals surface area contributed by atoms with Crippen LogP contribution in [-0.4, -0.2) is 25.5 Å². The van der Waals surface area contributed by atoms with Crippen LogP contribution in [-0.2, 0) is 17.5 Å². The molecule has 3 rings (SSSR count). The molecule has 2 heterocycles. The molecule has 0 bridgehead atoms. The first-order valence-electron chi connectivity index (χ1n) is 8.46. The summed E-state index contributed by atoms with van der Waals surface area (Å²) in [6, 6.07) is 5.64. The molecule has 154 valence electrons. The highest BCUT2D eigenvalue weighted by Crippen LogP contribution is 2.29. The molecule has 0 aliphatic carbocycles. The van der Waals surface area contributed by atoms with Crippen LogP contribution in [0.2, 0.25) is 5.02 Å². The van der Waals surface area contributed by atoms with Crippen LogP contribution >= 0.6 is 11.6 Å². The Balaban J connectivity index is 1.73. The number of rotatable bonds is 5. The number of alkyl halides is 3. The highest BCUT2D eigenvalue weighted by molar-refractivity contribution is 6.33. The minimum atomic E-state index is -4.60. The van der Waals surface area contributed by atoms with Crippen LogP contribution in [0.5, 0.6) is 0 Å². The number of amides is 1. The first-order chi connectivity index (χ1) is 13.5. The van der Waals surface area contributed by atoms with Crippen LogP contribution in [0.15, 0.2) is 36.5 Å². The number of nitrogens with one attached hydrogen (secondary N) is 1. The molecule has 1 atom stereocenters. The molecule has 29 heavy (non-hydrogen) atoms. The second kappa shape index (κ2) is 7.86. The molecular formula is C18H16ClF4N5O. The zero-order valence-corrected chi connectivity index (χ0v) is 16.1. The highest BCUT2D eigenvalue weighted by atomic mass is 35.5. The van der Waals surface area contributed by atoms with Gasteiger partial charge in [0.25, 0.3) is 0 Å². The van der Waals surface area contributed by atoms with Gasteiger partial charge < -0.3 is 5.32 Å². The molecule has 1 aromatic carbocycles. The Bertz CT molecular complexity index is 1030. The van der Waals surface area contributed by atoms with Crippen molar-refractivity contribution in [1.82, 2.24) is 19.6 Å². The van der Waals surface area contributed by atoms with Gasteiger partial charge >= 0.3 is 6.18 Å². The van der Waals surface area contributed by atoms with Crippen molar-refractivity contribution < 1.29 is 22.4 Å². The molecule has 0 spiro atoms. The van der Waals surface area contributed by atoms with Gasteiger partial charge in [-0.1, -0.05) is 23.7 Å². The fourth-order valence-corrected chi connectivity index (χ4v) is 2.89. The van der Waals surface area contributed by atoms with Crippen molar-refractivity contribution in [2.75, 3.05) is 5.32 Å². The third-order valence-corrected chi connectivity index (χ3v) is 4.45. The van der Waals surface area contributed by atoms with Gasteiger partial charge in [0.05, 0.1) is 6.54 Å². The molecule has 0 radical (unpaired) electrons. The maximum Gasteiger partial charge on any atom is 0.435 e. The molecule has 0 aliphatic rings. The van der Waals surface area contributed by atoms with E-state index in [-0.39, 0.29) is 22.4 Å². The number of halogens is 5. The van der Waals surface area contributed by atoms with E-state index in [0.29, 0.717) is 6.54 Å². The monoisotopic (exact) mass is 429 g/mol. The number of anilines is 1. The van der Waals surface area contributed by atoms with Crippen molar-refractivity contribution >= 4 is 23.3 Å². The molecule has 1 unspecified atom stereocenters. The Morgan fingerprint density at radius 1 is 1.24 bits per heavy atom. The number of hydrogen-bond donors (Lipinski definition) is 1. The maximum absolute atomic E-state index is 13.0. The lowest BCUT2D eigenvalue weighted by Crippen LogP contribution is -2.26. The minimum absolute atomic E-state index is 0.0616. The van der Waals surface area contributed by atoms with E-state index in [1.807, 2.05) is 0 Å². The zero-order valence-electron chi connectivity index (χ0n) is 15.3. The molecule has 3 aromatic rings. The predicted molar refractivity (Wildman–Crippen MR) is 98.0 cm³/mol. The van der Waals surface area contributed by atoms with Gasteiger partial charge in [0.15, 0.2) is 11.5 Å². The maximum atomic E-state index is 13.0. The van der Waals surface area contributed by atoms with E-state index in [2.05, 4.69) is 15.5 Å². The van der Waals surface area contributed by atoms with Gasteiger partial charge in [-0.15, -0.1) is 0 Å². The normalized spacial score (nSPS) is 12.8. The number of aryl methyl sites for hydroxylation is 1. The second-order valence-electron chi connectivity index (χ2n) is 6.43. The topological polar surface area (TPSA) is 64.7 Å². The van der Waals surface area contributed by atoms with Gasteiger partial charge in [-0.05, 0) is 37.6 Å². The van der Waals surface area contributed by atoms with E-state index in [4.69, 9.17) is 11.6 Å².